The quantitative estimate of drug-likeness (QED) is 0.800. The van der Waals surface area contributed by atoms with E-state index in [1.807, 2.05) is 0 Å². The summed E-state index contributed by atoms with van der Waals surface area (Å²) in [5, 5.41) is 11.5. The van der Waals surface area contributed by atoms with E-state index in [1.165, 1.54) is 0 Å². The van der Waals surface area contributed by atoms with Crippen molar-refractivity contribution >= 4 is 12.1 Å². The maximum Gasteiger partial charge on any atom is 0.407 e. The van der Waals surface area contributed by atoms with Gasteiger partial charge in [0.25, 0.3) is 0 Å². The third-order valence-electron chi connectivity index (χ3n) is 2.59. The Labute approximate surface area is 107 Å². The Hall–Kier alpha value is -1.30. The largest absolute Gasteiger partial charge is 0.481 e. The molecule has 6 heteroatoms. The van der Waals surface area contributed by atoms with Crippen LogP contribution in [0.1, 0.15) is 33.6 Å². The van der Waals surface area contributed by atoms with Gasteiger partial charge in [0, 0.05) is 13.2 Å². The zero-order valence-corrected chi connectivity index (χ0v) is 11.1. The Morgan fingerprint density at radius 3 is 2.67 bits per heavy atom. The molecule has 0 radical (unpaired) electrons. The van der Waals surface area contributed by atoms with Gasteiger partial charge in [-0.2, -0.15) is 0 Å². The number of carboxylic acids is 1. The lowest BCUT2D eigenvalue weighted by Gasteiger charge is -2.27. The van der Waals surface area contributed by atoms with E-state index in [0.29, 0.717) is 19.4 Å². The average Bonchev–Trinajstić information content (AvgIpc) is 2.24. The van der Waals surface area contributed by atoms with Crippen LogP contribution in [0.25, 0.3) is 0 Å². The molecule has 0 aliphatic carbocycles. The van der Waals surface area contributed by atoms with E-state index in [1.54, 1.807) is 20.8 Å². The predicted octanol–water partition coefficient (Wildman–Crippen LogP) is 1.39. The van der Waals surface area contributed by atoms with Gasteiger partial charge in [-0.3, -0.25) is 4.79 Å². The first kappa shape index (κ1) is 14.8. The fraction of sp³-hybridized carbons (Fsp3) is 0.833. The van der Waals surface area contributed by atoms with Gasteiger partial charge < -0.3 is 19.9 Å². The Kier molecular flexibility index (Phi) is 4.95. The number of rotatable bonds is 3. The topological polar surface area (TPSA) is 84.9 Å². The summed E-state index contributed by atoms with van der Waals surface area (Å²) in [6, 6.07) is 0. The molecule has 0 bridgehead atoms. The summed E-state index contributed by atoms with van der Waals surface area (Å²) in [5.41, 5.74) is -0.541. The maximum absolute atomic E-state index is 11.4. The highest BCUT2D eigenvalue weighted by molar-refractivity contribution is 5.70. The SMILES string of the molecule is CC(C)(C)OC(=O)NC[C@@H]1C[C@H](C(=O)O)CCO1. The first-order valence-corrected chi connectivity index (χ1v) is 6.09. The van der Waals surface area contributed by atoms with Crippen LogP contribution in [-0.2, 0) is 14.3 Å². The first-order valence-electron chi connectivity index (χ1n) is 6.09. The zero-order valence-electron chi connectivity index (χ0n) is 11.1. The Morgan fingerprint density at radius 1 is 1.44 bits per heavy atom. The molecule has 0 saturated carbocycles. The van der Waals surface area contributed by atoms with E-state index in [-0.39, 0.29) is 18.6 Å². The van der Waals surface area contributed by atoms with Gasteiger partial charge in [-0.25, -0.2) is 4.79 Å². The lowest BCUT2D eigenvalue weighted by atomic mass is 9.96. The summed E-state index contributed by atoms with van der Waals surface area (Å²) in [6.07, 6.45) is 0.180. The number of alkyl carbamates (subject to hydrolysis) is 1. The van der Waals surface area contributed by atoms with Crippen LogP contribution >= 0.6 is 0 Å². The number of ether oxygens (including phenoxy) is 2. The second-order valence-corrected chi connectivity index (χ2v) is 5.44. The number of carbonyl (C=O) groups excluding carboxylic acids is 1. The minimum Gasteiger partial charge on any atom is -0.481 e. The summed E-state index contributed by atoms with van der Waals surface area (Å²) < 4.78 is 10.5. The Bertz CT molecular complexity index is 310. The third-order valence-corrected chi connectivity index (χ3v) is 2.59. The summed E-state index contributed by atoms with van der Waals surface area (Å²) in [4.78, 5) is 22.3. The number of amides is 1. The molecule has 1 amide bonds. The van der Waals surface area contributed by atoms with Crippen LogP contribution in [0.5, 0.6) is 0 Å². The minimum absolute atomic E-state index is 0.257. The molecule has 1 heterocycles. The third kappa shape index (κ3) is 5.35. The van der Waals surface area contributed by atoms with E-state index < -0.39 is 17.7 Å². The molecule has 2 atom stereocenters. The standard InChI is InChI=1S/C12H21NO5/c1-12(2,3)18-11(16)13-7-9-6-8(10(14)15)4-5-17-9/h8-9H,4-7H2,1-3H3,(H,13,16)(H,14,15)/t8-,9+/m1/s1. The van der Waals surface area contributed by atoms with Gasteiger partial charge in [-0.1, -0.05) is 0 Å². The highest BCUT2D eigenvalue weighted by Gasteiger charge is 2.28. The summed E-state index contributed by atoms with van der Waals surface area (Å²) >= 11 is 0. The highest BCUT2D eigenvalue weighted by Crippen LogP contribution is 2.20. The van der Waals surface area contributed by atoms with Crippen molar-refractivity contribution in [2.75, 3.05) is 13.2 Å². The van der Waals surface area contributed by atoms with Gasteiger partial charge in [-0.05, 0) is 33.6 Å². The van der Waals surface area contributed by atoms with Crippen molar-refractivity contribution in [2.45, 2.75) is 45.3 Å². The predicted molar refractivity (Wildman–Crippen MR) is 64.3 cm³/mol. The van der Waals surface area contributed by atoms with Crippen LogP contribution < -0.4 is 5.32 Å². The Balaban J connectivity index is 2.31. The van der Waals surface area contributed by atoms with E-state index >= 15 is 0 Å². The molecule has 1 aliphatic rings. The summed E-state index contributed by atoms with van der Waals surface area (Å²) in [5.74, 6) is -1.19. The second-order valence-electron chi connectivity index (χ2n) is 5.44. The number of aliphatic carboxylic acids is 1. The molecule has 1 rings (SSSR count). The molecule has 104 valence electrons. The lowest BCUT2D eigenvalue weighted by Crippen LogP contribution is -2.41. The molecule has 1 fully saturated rings. The van der Waals surface area contributed by atoms with Crippen molar-refractivity contribution in [3.8, 4) is 0 Å². The van der Waals surface area contributed by atoms with E-state index in [4.69, 9.17) is 14.6 Å². The molecule has 0 spiro atoms. The minimum atomic E-state index is -0.805. The molecule has 6 nitrogen and oxygen atoms in total. The molecule has 0 aromatic heterocycles. The van der Waals surface area contributed by atoms with Gasteiger partial charge in [0.2, 0.25) is 0 Å². The van der Waals surface area contributed by atoms with Gasteiger partial charge >= 0.3 is 12.1 Å². The van der Waals surface area contributed by atoms with Gasteiger partial charge in [0.05, 0.1) is 12.0 Å². The highest BCUT2D eigenvalue weighted by atomic mass is 16.6. The number of carbonyl (C=O) groups is 2. The van der Waals surface area contributed by atoms with Gasteiger partial charge in [0.15, 0.2) is 0 Å². The lowest BCUT2D eigenvalue weighted by molar-refractivity contribution is -0.146. The zero-order chi connectivity index (χ0) is 13.8. The van der Waals surface area contributed by atoms with Gasteiger partial charge in [0.1, 0.15) is 5.60 Å². The van der Waals surface area contributed by atoms with Crippen LogP contribution in [0.2, 0.25) is 0 Å². The number of hydrogen-bond acceptors (Lipinski definition) is 4. The average molecular weight is 259 g/mol. The molecule has 2 N–H and O–H groups in total. The fourth-order valence-corrected chi connectivity index (χ4v) is 1.76. The number of hydrogen-bond donors (Lipinski definition) is 2. The van der Waals surface area contributed by atoms with Crippen LogP contribution in [-0.4, -0.2) is 42.0 Å². The molecule has 0 aromatic carbocycles. The molecule has 18 heavy (non-hydrogen) atoms. The molecular weight excluding hydrogens is 238 g/mol. The van der Waals surface area contributed by atoms with E-state index in [0.717, 1.165) is 0 Å². The first-order chi connectivity index (χ1) is 8.28. The molecule has 0 unspecified atom stereocenters. The normalized spacial score (nSPS) is 24.4. The number of carboxylic acid groups (broad SMARTS) is 1. The smallest absolute Gasteiger partial charge is 0.407 e. The molecule has 1 aliphatic heterocycles. The van der Waals surface area contributed by atoms with Crippen molar-refractivity contribution < 1.29 is 24.2 Å². The second kappa shape index (κ2) is 6.04. The van der Waals surface area contributed by atoms with Crippen LogP contribution in [0.3, 0.4) is 0 Å². The van der Waals surface area contributed by atoms with Crippen molar-refractivity contribution in [3.63, 3.8) is 0 Å². The van der Waals surface area contributed by atoms with Crippen molar-refractivity contribution in [1.29, 1.82) is 0 Å². The van der Waals surface area contributed by atoms with Crippen molar-refractivity contribution in [3.05, 3.63) is 0 Å². The summed E-state index contributed by atoms with van der Waals surface area (Å²) in [6.45, 7) is 6.04. The molecular formula is C12H21NO5. The Morgan fingerprint density at radius 2 is 2.11 bits per heavy atom. The van der Waals surface area contributed by atoms with Crippen molar-refractivity contribution in [2.24, 2.45) is 5.92 Å². The fourth-order valence-electron chi connectivity index (χ4n) is 1.76. The van der Waals surface area contributed by atoms with Crippen LogP contribution in [0.4, 0.5) is 4.79 Å². The molecule has 1 saturated heterocycles. The van der Waals surface area contributed by atoms with E-state index in [2.05, 4.69) is 5.32 Å². The van der Waals surface area contributed by atoms with Crippen LogP contribution in [0.15, 0.2) is 0 Å². The van der Waals surface area contributed by atoms with Crippen molar-refractivity contribution in [1.82, 2.24) is 5.32 Å². The monoisotopic (exact) mass is 259 g/mol. The summed E-state index contributed by atoms with van der Waals surface area (Å²) in [7, 11) is 0. The molecule has 0 aromatic rings. The number of nitrogens with one attached hydrogen (secondary N) is 1. The van der Waals surface area contributed by atoms with E-state index in [9.17, 15) is 9.59 Å². The van der Waals surface area contributed by atoms with Crippen LogP contribution in [0, 0.1) is 5.92 Å². The van der Waals surface area contributed by atoms with Gasteiger partial charge in [-0.15, -0.1) is 0 Å². The maximum atomic E-state index is 11.4.